The SMILES string of the molecule is COc1ccc(-c2nc(CNC(=O)C3CCN(c4ccc(-n5cncn5)nn4)CC3)cs2)cc1. The number of hydrogen-bond acceptors (Lipinski definition) is 9. The maximum atomic E-state index is 12.7. The Balaban J connectivity index is 1.10. The number of anilines is 1. The molecule has 0 aliphatic carbocycles. The van der Waals surface area contributed by atoms with Gasteiger partial charge in [-0.25, -0.2) is 14.6 Å². The fourth-order valence-corrected chi connectivity index (χ4v) is 4.71. The molecule has 34 heavy (non-hydrogen) atoms. The second-order valence-electron chi connectivity index (χ2n) is 7.94. The summed E-state index contributed by atoms with van der Waals surface area (Å²) < 4.78 is 6.77. The van der Waals surface area contributed by atoms with Crippen LogP contribution in [0.5, 0.6) is 5.75 Å². The van der Waals surface area contributed by atoms with Gasteiger partial charge in [-0.2, -0.15) is 5.10 Å². The molecular weight excluding hydrogens is 452 g/mol. The highest BCUT2D eigenvalue weighted by molar-refractivity contribution is 7.13. The van der Waals surface area contributed by atoms with Crippen molar-refractivity contribution < 1.29 is 9.53 Å². The molecule has 0 unspecified atom stereocenters. The molecule has 0 atom stereocenters. The highest BCUT2D eigenvalue weighted by Crippen LogP contribution is 2.26. The molecule has 5 rings (SSSR count). The molecule has 10 nitrogen and oxygen atoms in total. The van der Waals surface area contributed by atoms with Crippen molar-refractivity contribution in [2.75, 3.05) is 25.1 Å². The number of carbonyl (C=O) groups is 1. The molecular formula is C23H24N8O2S. The minimum absolute atomic E-state index is 0.0154. The number of nitrogens with zero attached hydrogens (tertiary/aromatic N) is 7. The number of amides is 1. The van der Waals surface area contributed by atoms with Gasteiger partial charge in [0.15, 0.2) is 11.6 Å². The lowest BCUT2D eigenvalue weighted by Crippen LogP contribution is -2.40. The summed E-state index contributed by atoms with van der Waals surface area (Å²) in [6, 6.07) is 11.6. The summed E-state index contributed by atoms with van der Waals surface area (Å²) in [4.78, 5) is 23.5. The van der Waals surface area contributed by atoms with E-state index in [0.717, 1.165) is 53.8 Å². The topological polar surface area (TPSA) is 111 Å². The van der Waals surface area contributed by atoms with Crippen molar-refractivity contribution >= 4 is 23.1 Å². The average molecular weight is 477 g/mol. The van der Waals surface area contributed by atoms with Crippen LogP contribution >= 0.6 is 11.3 Å². The van der Waals surface area contributed by atoms with Gasteiger partial charge in [0.1, 0.15) is 23.4 Å². The molecule has 1 N–H and O–H groups in total. The zero-order valence-corrected chi connectivity index (χ0v) is 19.5. The number of benzene rings is 1. The van der Waals surface area contributed by atoms with Crippen LogP contribution < -0.4 is 15.0 Å². The Bertz CT molecular complexity index is 1220. The molecule has 0 saturated carbocycles. The molecule has 0 radical (unpaired) electrons. The van der Waals surface area contributed by atoms with Crippen molar-refractivity contribution in [2.45, 2.75) is 19.4 Å². The Hall–Kier alpha value is -3.86. The van der Waals surface area contributed by atoms with Crippen molar-refractivity contribution in [2.24, 2.45) is 5.92 Å². The largest absolute Gasteiger partial charge is 0.497 e. The number of piperidine rings is 1. The van der Waals surface area contributed by atoms with Crippen molar-refractivity contribution in [1.29, 1.82) is 0 Å². The highest BCUT2D eigenvalue weighted by atomic mass is 32.1. The predicted octanol–water partition coefficient (Wildman–Crippen LogP) is 2.72. The van der Waals surface area contributed by atoms with Crippen LogP contribution in [-0.2, 0) is 11.3 Å². The molecule has 1 fully saturated rings. The third-order valence-corrected chi connectivity index (χ3v) is 6.75. The number of nitrogens with one attached hydrogen (secondary N) is 1. The standard InChI is InChI=1S/C23H24N8O2S/c1-33-19-4-2-17(3-5-19)23-27-18(13-34-23)12-25-22(32)16-8-10-30(11-9-16)20-6-7-21(29-28-20)31-15-24-14-26-31/h2-7,13-16H,8-12H2,1H3,(H,25,32). The maximum Gasteiger partial charge on any atom is 0.223 e. The molecule has 3 aromatic heterocycles. The van der Waals surface area contributed by atoms with Crippen LogP contribution in [0.4, 0.5) is 5.82 Å². The first-order chi connectivity index (χ1) is 16.7. The summed E-state index contributed by atoms with van der Waals surface area (Å²) in [5, 5.41) is 18.6. The summed E-state index contributed by atoms with van der Waals surface area (Å²) >= 11 is 1.57. The Labute approximate surface area is 200 Å². The van der Waals surface area contributed by atoms with Gasteiger partial charge < -0.3 is 15.0 Å². The van der Waals surface area contributed by atoms with E-state index >= 15 is 0 Å². The fraction of sp³-hybridized carbons (Fsp3) is 0.304. The third kappa shape index (κ3) is 4.88. The van der Waals surface area contributed by atoms with E-state index in [1.807, 2.05) is 41.8 Å². The second kappa shape index (κ2) is 9.96. The summed E-state index contributed by atoms with van der Waals surface area (Å²) in [7, 11) is 1.65. The number of carbonyl (C=O) groups excluding carboxylic acids is 1. The Morgan fingerprint density at radius 3 is 2.56 bits per heavy atom. The number of rotatable bonds is 7. The zero-order chi connectivity index (χ0) is 23.3. The van der Waals surface area contributed by atoms with E-state index in [0.29, 0.717) is 12.4 Å². The lowest BCUT2D eigenvalue weighted by molar-refractivity contribution is -0.125. The van der Waals surface area contributed by atoms with Crippen LogP contribution in [0.2, 0.25) is 0 Å². The fourth-order valence-electron chi connectivity index (χ4n) is 3.88. The van der Waals surface area contributed by atoms with E-state index in [-0.39, 0.29) is 11.8 Å². The maximum absolute atomic E-state index is 12.7. The molecule has 174 valence electrons. The first kappa shape index (κ1) is 22.0. The zero-order valence-electron chi connectivity index (χ0n) is 18.7. The van der Waals surface area contributed by atoms with Gasteiger partial charge in [0.2, 0.25) is 5.91 Å². The van der Waals surface area contributed by atoms with Gasteiger partial charge in [0.05, 0.1) is 19.3 Å². The number of aromatic nitrogens is 6. The van der Waals surface area contributed by atoms with Crippen LogP contribution in [0, 0.1) is 5.92 Å². The van der Waals surface area contributed by atoms with E-state index < -0.39 is 0 Å². The highest BCUT2D eigenvalue weighted by Gasteiger charge is 2.26. The molecule has 0 bridgehead atoms. The summed E-state index contributed by atoms with van der Waals surface area (Å²) in [5.41, 5.74) is 1.90. The molecule has 1 amide bonds. The van der Waals surface area contributed by atoms with Crippen LogP contribution in [0.25, 0.3) is 16.4 Å². The second-order valence-corrected chi connectivity index (χ2v) is 8.80. The van der Waals surface area contributed by atoms with Gasteiger partial charge in [-0.05, 0) is 49.2 Å². The van der Waals surface area contributed by atoms with E-state index in [1.54, 1.807) is 29.5 Å². The first-order valence-corrected chi connectivity index (χ1v) is 11.9. The molecule has 0 spiro atoms. The normalized spacial score (nSPS) is 14.2. The Morgan fingerprint density at radius 2 is 1.88 bits per heavy atom. The van der Waals surface area contributed by atoms with Crippen LogP contribution in [0.15, 0.2) is 54.4 Å². The van der Waals surface area contributed by atoms with Gasteiger partial charge in [0, 0.05) is 30.0 Å². The number of ether oxygens (including phenoxy) is 1. The van der Waals surface area contributed by atoms with Crippen molar-refractivity contribution in [3.05, 3.63) is 60.1 Å². The minimum Gasteiger partial charge on any atom is -0.497 e. The predicted molar refractivity (Wildman–Crippen MR) is 128 cm³/mol. The molecule has 1 aliphatic heterocycles. The van der Waals surface area contributed by atoms with Gasteiger partial charge in [-0.3, -0.25) is 4.79 Å². The van der Waals surface area contributed by atoms with Crippen LogP contribution in [0.1, 0.15) is 18.5 Å². The molecule has 4 aromatic rings. The molecule has 4 heterocycles. The number of methoxy groups -OCH3 is 1. The van der Waals surface area contributed by atoms with Gasteiger partial charge in [-0.15, -0.1) is 21.5 Å². The van der Waals surface area contributed by atoms with E-state index in [1.165, 1.54) is 6.33 Å². The van der Waals surface area contributed by atoms with Gasteiger partial charge in [-0.1, -0.05) is 0 Å². The monoisotopic (exact) mass is 476 g/mol. The third-order valence-electron chi connectivity index (χ3n) is 5.81. The molecule has 1 saturated heterocycles. The Morgan fingerprint density at radius 1 is 1.12 bits per heavy atom. The van der Waals surface area contributed by atoms with E-state index in [2.05, 4.69) is 35.5 Å². The van der Waals surface area contributed by atoms with Crippen molar-refractivity contribution in [1.82, 2.24) is 35.3 Å². The first-order valence-electron chi connectivity index (χ1n) is 11.0. The summed E-state index contributed by atoms with van der Waals surface area (Å²) in [6.45, 7) is 1.95. The van der Waals surface area contributed by atoms with Crippen molar-refractivity contribution in [3.63, 3.8) is 0 Å². The van der Waals surface area contributed by atoms with Gasteiger partial charge in [0.25, 0.3) is 0 Å². The van der Waals surface area contributed by atoms with Crippen LogP contribution in [0.3, 0.4) is 0 Å². The number of hydrogen-bond donors (Lipinski definition) is 1. The average Bonchev–Trinajstić information content (AvgIpc) is 3.60. The molecule has 1 aliphatic rings. The quantitative estimate of drug-likeness (QED) is 0.433. The summed E-state index contributed by atoms with van der Waals surface area (Å²) in [5.74, 6) is 2.29. The lowest BCUT2D eigenvalue weighted by Gasteiger charge is -2.31. The summed E-state index contributed by atoms with van der Waals surface area (Å²) in [6.07, 6.45) is 4.58. The Kier molecular flexibility index (Phi) is 6.43. The smallest absolute Gasteiger partial charge is 0.223 e. The van der Waals surface area contributed by atoms with Gasteiger partial charge >= 0.3 is 0 Å². The molecule has 1 aromatic carbocycles. The number of thiazole rings is 1. The van der Waals surface area contributed by atoms with Crippen LogP contribution in [-0.4, -0.2) is 56.1 Å². The lowest BCUT2D eigenvalue weighted by atomic mass is 9.96. The van der Waals surface area contributed by atoms with E-state index in [9.17, 15) is 4.79 Å². The molecule has 11 heteroatoms. The van der Waals surface area contributed by atoms with E-state index in [4.69, 9.17) is 4.74 Å². The van der Waals surface area contributed by atoms with Crippen molar-refractivity contribution in [3.8, 4) is 22.1 Å². The minimum atomic E-state index is -0.0154.